The van der Waals surface area contributed by atoms with E-state index in [0.29, 0.717) is 6.42 Å². The average Bonchev–Trinajstić information content (AvgIpc) is 2.16. The zero-order valence-corrected chi connectivity index (χ0v) is 8.95. The van der Waals surface area contributed by atoms with E-state index in [0.717, 1.165) is 10.0 Å². The summed E-state index contributed by atoms with van der Waals surface area (Å²) in [5.74, 6) is -2.11. The minimum atomic E-state index is -1.36. The number of ketones is 1. The van der Waals surface area contributed by atoms with Crippen LogP contribution in [0, 0.1) is 0 Å². The molecule has 1 aromatic rings. The Morgan fingerprint density at radius 3 is 2.50 bits per heavy atom. The van der Waals surface area contributed by atoms with Gasteiger partial charge in [-0.05, 0) is 18.1 Å². The number of rotatable bonds is 4. The van der Waals surface area contributed by atoms with Crippen LogP contribution in [0.1, 0.15) is 12.0 Å². The molecule has 0 atom stereocenters. The van der Waals surface area contributed by atoms with Crippen LogP contribution in [-0.2, 0) is 16.0 Å². The van der Waals surface area contributed by atoms with Crippen molar-refractivity contribution in [1.82, 2.24) is 0 Å². The molecule has 0 radical (unpaired) electrons. The summed E-state index contributed by atoms with van der Waals surface area (Å²) < 4.78 is 0.901. The van der Waals surface area contributed by atoms with Crippen LogP contribution in [0.2, 0.25) is 0 Å². The van der Waals surface area contributed by atoms with Gasteiger partial charge in [0.2, 0.25) is 5.78 Å². The van der Waals surface area contributed by atoms with Crippen molar-refractivity contribution in [2.24, 2.45) is 0 Å². The smallest absolute Gasteiger partial charge is 0.372 e. The number of carbonyl (C=O) groups is 2. The molecule has 0 amide bonds. The van der Waals surface area contributed by atoms with Crippen LogP contribution in [-0.4, -0.2) is 16.9 Å². The third-order valence-corrected chi connectivity index (χ3v) is 2.59. The minimum absolute atomic E-state index is 0.0396. The van der Waals surface area contributed by atoms with Gasteiger partial charge in [0.25, 0.3) is 0 Å². The summed E-state index contributed by atoms with van der Waals surface area (Å²) in [5.41, 5.74) is 0.946. The van der Waals surface area contributed by atoms with Crippen molar-refractivity contribution in [1.29, 1.82) is 0 Å². The number of carboxylic acids is 1. The lowest BCUT2D eigenvalue weighted by molar-refractivity contribution is -0.149. The van der Waals surface area contributed by atoms with Crippen LogP contribution in [0.15, 0.2) is 28.7 Å². The molecule has 0 aliphatic heterocycles. The second-order valence-corrected chi connectivity index (χ2v) is 3.67. The molecule has 0 aliphatic rings. The highest BCUT2D eigenvalue weighted by Crippen LogP contribution is 2.17. The van der Waals surface area contributed by atoms with Gasteiger partial charge in [0.15, 0.2) is 0 Å². The van der Waals surface area contributed by atoms with Crippen LogP contribution in [0.4, 0.5) is 0 Å². The Labute approximate surface area is 89.9 Å². The van der Waals surface area contributed by atoms with Gasteiger partial charge >= 0.3 is 5.97 Å². The Balaban J connectivity index is 2.58. The Bertz CT molecular complexity index is 360. The van der Waals surface area contributed by atoms with Crippen LogP contribution < -0.4 is 0 Å². The normalized spacial score (nSPS) is 9.79. The summed E-state index contributed by atoms with van der Waals surface area (Å²) in [6, 6.07) is 7.44. The van der Waals surface area contributed by atoms with Crippen LogP contribution in [0.5, 0.6) is 0 Å². The molecule has 14 heavy (non-hydrogen) atoms. The zero-order chi connectivity index (χ0) is 10.6. The maximum atomic E-state index is 10.8. The molecule has 4 heteroatoms. The van der Waals surface area contributed by atoms with Crippen LogP contribution in [0.25, 0.3) is 0 Å². The molecule has 0 heterocycles. The third kappa shape index (κ3) is 2.96. The lowest BCUT2D eigenvalue weighted by Crippen LogP contribution is -2.12. The first-order valence-corrected chi connectivity index (χ1v) is 4.90. The van der Waals surface area contributed by atoms with Gasteiger partial charge in [0.1, 0.15) is 0 Å². The lowest BCUT2D eigenvalue weighted by atomic mass is 10.1. The summed E-state index contributed by atoms with van der Waals surface area (Å²) in [6.45, 7) is 0. The van der Waals surface area contributed by atoms with Crippen molar-refractivity contribution in [2.75, 3.05) is 0 Å². The monoisotopic (exact) mass is 256 g/mol. The molecule has 0 fully saturated rings. The van der Waals surface area contributed by atoms with Gasteiger partial charge in [-0.1, -0.05) is 34.1 Å². The number of aryl methyl sites for hydroxylation is 1. The van der Waals surface area contributed by atoms with E-state index >= 15 is 0 Å². The van der Waals surface area contributed by atoms with Crippen molar-refractivity contribution in [3.63, 3.8) is 0 Å². The average molecular weight is 257 g/mol. The maximum Gasteiger partial charge on any atom is 0.372 e. The SMILES string of the molecule is O=C(O)C(=O)CCc1ccccc1Br. The molecule has 0 aromatic heterocycles. The standard InChI is InChI=1S/C10H9BrO3/c11-8-4-2-1-3-7(8)5-6-9(12)10(13)14/h1-4H,5-6H2,(H,13,14). The number of halogens is 1. The molecule has 1 rings (SSSR count). The summed E-state index contributed by atoms with van der Waals surface area (Å²) in [5, 5.41) is 8.37. The van der Waals surface area contributed by atoms with Crippen molar-refractivity contribution < 1.29 is 14.7 Å². The highest BCUT2D eigenvalue weighted by molar-refractivity contribution is 9.10. The van der Waals surface area contributed by atoms with Crippen LogP contribution in [0.3, 0.4) is 0 Å². The first kappa shape index (κ1) is 10.9. The first-order chi connectivity index (χ1) is 6.61. The van der Waals surface area contributed by atoms with Gasteiger partial charge in [0, 0.05) is 10.9 Å². The fourth-order valence-electron chi connectivity index (χ4n) is 1.06. The number of carboxylic acid groups (broad SMARTS) is 1. The van der Waals surface area contributed by atoms with Crippen molar-refractivity contribution in [2.45, 2.75) is 12.8 Å². The highest BCUT2D eigenvalue weighted by atomic mass is 79.9. The molecule has 0 bridgehead atoms. The van der Waals surface area contributed by atoms with Crippen molar-refractivity contribution in [3.05, 3.63) is 34.3 Å². The Kier molecular flexibility index (Phi) is 3.83. The largest absolute Gasteiger partial charge is 0.476 e. The van der Waals surface area contributed by atoms with E-state index in [2.05, 4.69) is 15.9 Å². The number of Topliss-reactive ketones (excluding diaryl/α,β-unsaturated/α-hetero) is 1. The zero-order valence-electron chi connectivity index (χ0n) is 7.37. The molecule has 0 saturated heterocycles. The minimum Gasteiger partial charge on any atom is -0.476 e. The second-order valence-electron chi connectivity index (χ2n) is 2.82. The molecule has 74 valence electrons. The topological polar surface area (TPSA) is 54.4 Å². The van der Waals surface area contributed by atoms with E-state index in [1.807, 2.05) is 24.3 Å². The molecule has 1 N–H and O–H groups in total. The fourth-order valence-corrected chi connectivity index (χ4v) is 1.54. The van der Waals surface area contributed by atoms with E-state index in [1.54, 1.807) is 0 Å². The van der Waals surface area contributed by atoms with E-state index < -0.39 is 11.8 Å². The lowest BCUT2D eigenvalue weighted by Gasteiger charge is -2.01. The van der Waals surface area contributed by atoms with E-state index in [1.165, 1.54) is 0 Å². The molecular formula is C10H9BrO3. The Morgan fingerprint density at radius 1 is 1.29 bits per heavy atom. The van der Waals surface area contributed by atoms with Gasteiger partial charge in [-0.15, -0.1) is 0 Å². The van der Waals surface area contributed by atoms with Crippen molar-refractivity contribution in [3.8, 4) is 0 Å². The van der Waals surface area contributed by atoms with Gasteiger partial charge in [0.05, 0.1) is 0 Å². The van der Waals surface area contributed by atoms with Gasteiger partial charge in [-0.25, -0.2) is 4.79 Å². The molecule has 0 spiro atoms. The maximum absolute atomic E-state index is 10.8. The summed E-state index contributed by atoms with van der Waals surface area (Å²) in [4.78, 5) is 21.1. The quantitative estimate of drug-likeness (QED) is 0.839. The predicted octanol–water partition coefficient (Wildman–Crippen LogP) is 2.04. The number of hydrogen-bond donors (Lipinski definition) is 1. The molecular weight excluding hydrogens is 248 g/mol. The molecule has 0 aliphatic carbocycles. The second kappa shape index (κ2) is 4.91. The Hall–Kier alpha value is -1.16. The first-order valence-electron chi connectivity index (χ1n) is 4.11. The molecule has 0 unspecified atom stereocenters. The van der Waals surface area contributed by atoms with Gasteiger partial charge < -0.3 is 5.11 Å². The van der Waals surface area contributed by atoms with E-state index in [-0.39, 0.29) is 6.42 Å². The predicted molar refractivity (Wildman–Crippen MR) is 55.1 cm³/mol. The van der Waals surface area contributed by atoms with E-state index in [9.17, 15) is 9.59 Å². The molecule has 3 nitrogen and oxygen atoms in total. The number of aliphatic carboxylic acids is 1. The number of benzene rings is 1. The summed E-state index contributed by atoms with van der Waals surface area (Å²) in [6.07, 6.45) is 0.491. The highest BCUT2D eigenvalue weighted by Gasteiger charge is 2.11. The van der Waals surface area contributed by atoms with Crippen LogP contribution >= 0.6 is 15.9 Å². The summed E-state index contributed by atoms with van der Waals surface area (Å²) >= 11 is 3.32. The van der Waals surface area contributed by atoms with Crippen molar-refractivity contribution >= 4 is 27.7 Å². The third-order valence-electron chi connectivity index (χ3n) is 1.82. The van der Waals surface area contributed by atoms with Gasteiger partial charge in [-0.2, -0.15) is 0 Å². The molecule has 1 aromatic carbocycles. The number of hydrogen-bond acceptors (Lipinski definition) is 2. The number of carbonyl (C=O) groups excluding carboxylic acids is 1. The van der Waals surface area contributed by atoms with Gasteiger partial charge in [-0.3, -0.25) is 4.79 Å². The molecule has 0 saturated carbocycles. The fraction of sp³-hybridized carbons (Fsp3) is 0.200. The summed E-state index contributed by atoms with van der Waals surface area (Å²) in [7, 11) is 0. The Morgan fingerprint density at radius 2 is 1.93 bits per heavy atom. The van der Waals surface area contributed by atoms with E-state index in [4.69, 9.17) is 5.11 Å².